The molecule has 2 aliphatic rings. The molecular formula is C16H16Cl4F8N2O2. The highest BCUT2D eigenvalue weighted by Crippen LogP contribution is 2.55. The first-order valence-corrected chi connectivity index (χ1v) is 10.6. The molecule has 0 radical (unpaired) electrons. The third kappa shape index (κ3) is 4.68. The lowest BCUT2D eigenvalue weighted by Crippen LogP contribution is -2.62. The summed E-state index contributed by atoms with van der Waals surface area (Å²) in [5, 5.41) is 7.44. The van der Waals surface area contributed by atoms with Crippen LogP contribution in [0.2, 0.25) is 0 Å². The van der Waals surface area contributed by atoms with Crippen molar-refractivity contribution in [3.63, 3.8) is 0 Å². The number of rotatable bonds is 7. The van der Waals surface area contributed by atoms with Crippen LogP contribution in [0.3, 0.4) is 0 Å². The fraction of sp³-hybridized carbons (Fsp3) is 0.875. The summed E-state index contributed by atoms with van der Waals surface area (Å²) < 4.78 is 110. The van der Waals surface area contributed by atoms with E-state index in [1.807, 2.05) is 0 Å². The Morgan fingerprint density at radius 1 is 0.594 bits per heavy atom. The molecule has 32 heavy (non-hydrogen) atoms. The van der Waals surface area contributed by atoms with Crippen molar-refractivity contribution in [1.29, 1.82) is 0 Å². The molecule has 2 N–H and O–H groups in total. The zero-order chi connectivity index (χ0) is 25.0. The molecule has 0 aromatic rings. The predicted octanol–water partition coefficient (Wildman–Crippen LogP) is 6.17. The van der Waals surface area contributed by atoms with E-state index in [4.69, 9.17) is 46.4 Å². The minimum absolute atomic E-state index is 0.0243. The average molecular weight is 562 g/mol. The Bertz CT molecular complexity index is 682. The van der Waals surface area contributed by atoms with Gasteiger partial charge >= 0.3 is 21.5 Å². The van der Waals surface area contributed by atoms with Crippen molar-refractivity contribution in [3.8, 4) is 0 Å². The van der Waals surface area contributed by atoms with Crippen LogP contribution < -0.4 is 0 Å². The third-order valence-corrected chi connectivity index (χ3v) is 6.85. The number of hydrogen-bond acceptors (Lipinski definition) is 4. The highest BCUT2D eigenvalue weighted by Gasteiger charge is 2.73. The van der Waals surface area contributed by atoms with E-state index in [2.05, 4.69) is 10.2 Å². The molecule has 2 aliphatic carbocycles. The topological polar surface area (TPSA) is 65.2 Å². The molecule has 2 saturated carbocycles. The Kier molecular flexibility index (Phi) is 7.74. The minimum Gasteiger partial charge on any atom is -0.376 e. The SMILES string of the molecule is OC(C1CCCC1=N/N=C1/CCCC1C(O)(C(F)(F)Cl)C(F)(F)Cl)(C(F)(F)Cl)C(F)(F)Cl. The lowest BCUT2D eigenvalue weighted by atomic mass is 9.84. The molecule has 0 aromatic heterocycles. The lowest BCUT2D eigenvalue weighted by Gasteiger charge is -2.39. The molecule has 2 unspecified atom stereocenters. The summed E-state index contributed by atoms with van der Waals surface area (Å²) in [5.74, 6) is -4.20. The van der Waals surface area contributed by atoms with Crippen molar-refractivity contribution in [2.75, 3.05) is 0 Å². The fourth-order valence-electron chi connectivity index (χ4n) is 4.04. The first-order valence-electron chi connectivity index (χ1n) is 9.04. The zero-order valence-corrected chi connectivity index (χ0v) is 18.7. The smallest absolute Gasteiger partial charge is 0.357 e. The van der Waals surface area contributed by atoms with Gasteiger partial charge in [0, 0.05) is 23.3 Å². The molecule has 0 spiro atoms. The molecule has 186 valence electrons. The molecule has 0 bridgehead atoms. The summed E-state index contributed by atoms with van der Waals surface area (Å²) in [6.07, 6.45) is -1.45. The lowest BCUT2D eigenvalue weighted by molar-refractivity contribution is -0.232. The summed E-state index contributed by atoms with van der Waals surface area (Å²) in [4.78, 5) is 0. The highest BCUT2D eigenvalue weighted by atomic mass is 35.5. The van der Waals surface area contributed by atoms with Gasteiger partial charge in [-0.15, -0.1) is 0 Å². The standard InChI is InChI=1S/C16H16Cl4F8N2O2/c17-13(21,22)11(31,14(18,23)24)7-3-1-5-9(7)29-30-10-6-2-4-8(10)12(32,15(19,25)26)16(20,27)28/h7-8,31-32H,1-6H2/b29-9-,30-10?. The van der Waals surface area contributed by atoms with Crippen molar-refractivity contribution < 1.29 is 45.3 Å². The minimum atomic E-state index is -4.92. The van der Waals surface area contributed by atoms with Gasteiger partial charge in [0.1, 0.15) is 0 Å². The van der Waals surface area contributed by atoms with Crippen LogP contribution in [-0.2, 0) is 0 Å². The van der Waals surface area contributed by atoms with Gasteiger partial charge in [-0.2, -0.15) is 45.3 Å². The second-order valence-electron chi connectivity index (χ2n) is 7.60. The number of halogens is 12. The zero-order valence-electron chi connectivity index (χ0n) is 15.7. The Labute approximate surface area is 196 Å². The molecule has 16 heteroatoms. The van der Waals surface area contributed by atoms with E-state index < -0.39 is 68.8 Å². The van der Waals surface area contributed by atoms with E-state index in [1.54, 1.807) is 0 Å². The maximum atomic E-state index is 13.7. The van der Waals surface area contributed by atoms with Crippen LogP contribution >= 0.6 is 46.4 Å². The number of alkyl halides is 12. The van der Waals surface area contributed by atoms with E-state index in [-0.39, 0.29) is 25.7 Å². The summed E-state index contributed by atoms with van der Waals surface area (Å²) in [6, 6.07) is 0. The number of aliphatic hydroxyl groups is 2. The van der Waals surface area contributed by atoms with Gasteiger partial charge in [0.25, 0.3) is 0 Å². The van der Waals surface area contributed by atoms with Crippen LogP contribution in [0.1, 0.15) is 38.5 Å². The van der Waals surface area contributed by atoms with Crippen molar-refractivity contribution >= 4 is 57.8 Å². The first-order chi connectivity index (χ1) is 14.2. The maximum absolute atomic E-state index is 13.7. The van der Waals surface area contributed by atoms with Gasteiger partial charge in [0.05, 0.1) is 0 Å². The number of hydrogen-bond donors (Lipinski definition) is 2. The maximum Gasteiger partial charge on any atom is 0.357 e. The van der Waals surface area contributed by atoms with Crippen LogP contribution in [0.25, 0.3) is 0 Å². The van der Waals surface area contributed by atoms with Crippen LogP contribution in [-0.4, -0.2) is 54.4 Å². The molecule has 2 atom stereocenters. The molecular weight excluding hydrogens is 546 g/mol. The van der Waals surface area contributed by atoms with Crippen LogP contribution in [0.15, 0.2) is 10.2 Å². The molecule has 2 fully saturated rings. The molecule has 4 nitrogen and oxygen atoms in total. The van der Waals surface area contributed by atoms with E-state index in [1.165, 1.54) is 0 Å². The molecule has 0 heterocycles. The predicted molar refractivity (Wildman–Crippen MR) is 103 cm³/mol. The van der Waals surface area contributed by atoms with Crippen LogP contribution in [0, 0.1) is 11.8 Å². The van der Waals surface area contributed by atoms with Gasteiger partial charge in [0.2, 0.25) is 11.2 Å². The van der Waals surface area contributed by atoms with Crippen molar-refractivity contribution in [3.05, 3.63) is 0 Å². The second-order valence-corrected chi connectivity index (χ2v) is 9.49. The van der Waals surface area contributed by atoms with Crippen LogP contribution in [0.4, 0.5) is 35.1 Å². The van der Waals surface area contributed by atoms with Gasteiger partial charge in [-0.25, -0.2) is 0 Å². The van der Waals surface area contributed by atoms with E-state index in [0.717, 1.165) is 0 Å². The first kappa shape index (κ1) is 28.1. The molecule has 0 amide bonds. The molecule has 0 aliphatic heterocycles. The molecule has 0 saturated heterocycles. The quantitative estimate of drug-likeness (QED) is 0.222. The largest absolute Gasteiger partial charge is 0.376 e. The fourth-order valence-corrected chi connectivity index (χ4v) is 5.13. The van der Waals surface area contributed by atoms with E-state index in [0.29, 0.717) is 0 Å². The van der Waals surface area contributed by atoms with Crippen molar-refractivity contribution in [2.45, 2.75) is 71.3 Å². The van der Waals surface area contributed by atoms with Crippen molar-refractivity contribution in [2.24, 2.45) is 22.0 Å². The summed E-state index contributed by atoms with van der Waals surface area (Å²) in [6.45, 7) is 0. The molecule has 0 aromatic carbocycles. The number of nitrogens with zero attached hydrogens (tertiary/aromatic N) is 2. The van der Waals surface area contributed by atoms with Gasteiger partial charge < -0.3 is 10.2 Å². The van der Waals surface area contributed by atoms with Crippen LogP contribution in [0.5, 0.6) is 0 Å². The Hall–Kier alpha value is -0.140. The summed E-state index contributed by atoms with van der Waals surface area (Å²) in [5.41, 5.74) is -9.66. The van der Waals surface area contributed by atoms with Gasteiger partial charge in [-0.1, -0.05) is 0 Å². The Morgan fingerprint density at radius 3 is 1.06 bits per heavy atom. The van der Waals surface area contributed by atoms with Gasteiger partial charge in [-0.05, 0) is 84.9 Å². The van der Waals surface area contributed by atoms with Crippen molar-refractivity contribution in [1.82, 2.24) is 0 Å². The van der Waals surface area contributed by atoms with E-state index >= 15 is 0 Å². The summed E-state index contributed by atoms with van der Waals surface area (Å²) >= 11 is 18.9. The molecule has 2 rings (SSSR count). The third-order valence-electron chi connectivity index (χ3n) is 5.70. The Balaban J connectivity index is 2.51. The normalized spacial score (nSPS) is 27.1. The average Bonchev–Trinajstić information content (AvgIpc) is 3.23. The summed E-state index contributed by atoms with van der Waals surface area (Å²) in [7, 11) is 0. The monoisotopic (exact) mass is 560 g/mol. The Morgan fingerprint density at radius 2 is 0.844 bits per heavy atom. The van der Waals surface area contributed by atoms with Gasteiger partial charge in [-0.3, -0.25) is 0 Å². The van der Waals surface area contributed by atoms with Gasteiger partial charge in [0.15, 0.2) is 0 Å². The second kappa shape index (κ2) is 8.82. The van der Waals surface area contributed by atoms with E-state index in [9.17, 15) is 45.3 Å². The highest BCUT2D eigenvalue weighted by molar-refractivity contribution is 6.27.